The molecule has 1 aliphatic heterocycles. The molecule has 1 N–H and O–H groups in total. The summed E-state index contributed by atoms with van der Waals surface area (Å²) in [5.41, 5.74) is 4.20. The van der Waals surface area contributed by atoms with E-state index in [4.69, 9.17) is 0 Å². The van der Waals surface area contributed by atoms with Gasteiger partial charge in [0.15, 0.2) is 0 Å². The minimum absolute atomic E-state index is 0.372. The number of aliphatic hydroxyl groups excluding tert-OH is 1. The molecule has 0 unspecified atom stereocenters. The van der Waals surface area contributed by atoms with E-state index in [2.05, 4.69) is 35.2 Å². The molecule has 0 aromatic heterocycles. The molecule has 27 heavy (non-hydrogen) atoms. The standard InChI is InChI=1S/C25H33NO/c27-25(17-26-15-7-10-18-8-2-6-14-24(18)26)23-16-19-9-1-3-11-20(19)21-12-4-5-13-22(21)23/h4-5,12-13,16,18,24-25,27H,1-3,6-11,14-15,17H2/t18-,24+,25+/m1/s1. The molecule has 144 valence electrons. The minimum Gasteiger partial charge on any atom is -0.387 e. The number of aliphatic hydroxyl groups is 1. The molecule has 2 heteroatoms. The van der Waals surface area contributed by atoms with Crippen molar-refractivity contribution in [1.29, 1.82) is 0 Å². The van der Waals surface area contributed by atoms with E-state index in [0.717, 1.165) is 12.5 Å². The van der Waals surface area contributed by atoms with Crippen LogP contribution in [-0.4, -0.2) is 29.1 Å². The molecule has 1 heterocycles. The van der Waals surface area contributed by atoms with Crippen LogP contribution in [0.1, 0.15) is 74.2 Å². The second kappa shape index (κ2) is 7.56. The lowest BCUT2D eigenvalue weighted by Crippen LogP contribution is -2.48. The molecule has 1 saturated carbocycles. The molecule has 1 saturated heterocycles. The fraction of sp³-hybridized carbons (Fsp3) is 0.600. The lowest BCUT2D eigenvalue weighted by Gasteiger charge is -2.45. The molecule has 2 nitrogen and oxygen atoms in total. The Morgan fingerprint density at radius 2 is 1.70 bits per heavy atom. The van der Waals surface area contributed by atoms with Crippen LogP contribution in [0.3, 0.4) is 0 Å². The third kappa shape index (κ3) is 3.32. The summed E-state index contributed by atoms with van der Waals surface area (Å²) in [6.45, 7) is 1.98. The van der Waals surface area contributed by atoms with Gasteiger partial charge >= 0.3 is 0 Å². The van der Waals surface area contributed by atoms with E-state index in [1.807, 2.05) is 0 Å². The molecule has 0 bridgehead atoms. The van der Waals surface area contributed by atoms with Crippen molar-refractivity contribution in [2.45, 2.75) is 76.4 Å². The van der Waals surface area contributed by atoms with Gasteiger partial charge < -0.3 is 5.11 Å². The number of β-amino-alcohol motifs (C(OH)–C–C–N with tert-alkyl or cyclic N) is 1. The van der Waals surface area contributed by atoms with Gasteiger partial charge in [-0.2, -0.15) is 0 Å². The molecule has 2 aliphatic carbocycles. The maximum atomic E-state index is 11.3. The maximum absolute atomic E-state index is 11.3. The van der Waals surface area contributed by atoms with Crippen LogP contribution in [0, 0.1) is 5.92 Å². The highest BCUT2D eigenvalue weighted by Crippen LogP contribution is 2.38. The molecule has 2 aromatic carbocycles. The summed E-state index contributed by atoms with van der Waals surface area (Å²) in [6.07, 6.45) is 12.8. The third-order valence-corrected chi connectivity index (χ3v) is 7.53. The smallest absolute Gasteiger partial charge is 0.0923 e. The van der Waals surface area contributed by atoms with Crippen molar-refractivity contribution in [1.82, 2.24) is 4.90 Å². The van der Waals surface area contributed by atoms with Crippen LogP contribution in [0.4, 0.5) is 0 Å². The first kappa shape index (κ1) is 17.7. The highest BCUT2D eigenvalue weighted by Gasteiger charge is 2.34. The van der Waals surface area contributed by atoms with Crippen LogP contribution >= 0.6 is 0 Å². The minimum atomic E-state index is -0.372. The molecule has 2 aromatic rings. The molecule has 5 rings (SSSR count). The lowest BCUT2D eigenvalue weighted by molar-refractivity contribution is 0.0209. The van der Waals surface area contributed by atoms with Gasteiger partial charge in [0.1, 0.15) is 0 Å². The Kier molecular flexibility index (Phi) is 4.96. The second-order valence-electron chi connectivity index (χ2n) is 9.12. The number of hydrogen-bond donors (Lipinski definition) is 1. The third-order valence-electron chi connectivity index (χ3n) is 7.53. The van der Waals surface area contributed by atoms with Crippen molar-refractivity contribution in [3.63, 3.8) is 0 Å². The Morgan fingerprint density at radius 1 is 0.926 bits per heavy atom. The number of fused-ring (bicyclic) bond motifs is 4. The number of benzene rings is 2. The Hall–Kier alpha value is -1.38. The van der Waals surface area contributed by atoms with Crippen molar-refractivity contribution in [3.8, 4) is 0 Å². The van der Waals surface area contributed by atoms with Crippen molar-refractivity contribution < 1.29 is 5.11 Å². The van der Waals surface area contributed by atoms with Gasteiger partial charge in [0.05, 0.1) is 6.10 Å². The van der Waals surface area contributed by atoms with E-state index in [1.165, 1.54) is 98.2 Å². The topological polar surface area (TPSA) is 23.5 Å². The van der Waals surface area contributed by atoms with Crippen LogP contribution < -0.4 is 0 Å². The number of hydrogen-bond acceptors (Lipinski definition) is 2. The molecular formula is C25H33NO. The first-order chi connectivity index (χ1) is 13.3. The summed E-state index contributed by atoms with van der Waals surface area (Å²) in [5, 5.41) is 14.0. The summed E-state index contributed by atoms with van der Waals surface area (Å²) >= 11 is 0. The van der Waals surface area contributed by atoms with E-state index in [-0.39, 0.29) is 6.10 Å². The Bertz CT molecular complexity index is 811. The second-order valence-corrected chi connectivity index (χ2v) is 9.12. The summed E-state index contributed by atoms with van der Waals surface area (Å²) in [7, 11) is 0. The molecule has 3 aliphatic rings. The van der Waals surface area contributed by atoms with Crippen molar-refractivity contribution in [3.05, 3.63) is 47.0 Å². The largest absolute Gasteiger partial charge is 0.387 e. The summed E-state index contributed by atoms with van der Waals surface area (Å²) < 4.78 is 0. The molecular weight excluding hydrogens is 330 g/mol. The van der Waals surface area contributed by atoms with Crippen LogP contribution in [0.2, 0.25) is 0 Å². The summed E-state index contributed by atoms with van der Waals surface area (Å²) in [5.74, 6) is 0.875. The van der Waals surface area contributed by atoms with Gasteiger partial charge in [-0.1, -0.05) is 43.2 Å². The Labute approximate surface area is 163 Å². The van der Waals surface area contributed by atoms with E-state index < -0.39 is 0 Å². The molecule has 0 spiro atoms. The number of aryl methyl sites for hydroxylation is 2. The lowest BCUT2D eigenvalue weighted by atomic mass is 9.78. The van der Waals surface area contributed by atoms with Gasteiger partial charge in [-0.15, -0.1) is 0 Å². The monoisotopic (exact) mass is 363 g/mol. The van der Waals surface area contributed by atoms with Gasteiger partial charge in [-0.05, 0) is 91.3 Å². The quantitative estimate of drug-likeness (QED) is 0.788. The predicted molar refractivity (Wildman–Crippen MR) is 112 cm³/mol. The van der Waals surface area contributed by atoms with Gasteiger partial charge in [-0.25, -0.2) is 0 Å². The zero-order valence-corrected chi connectivity index (χ0v) is 16.5. The predicted octanol–water partition coefficient (Wildman–Crippen LogP) is 5.41. The maximum Gasteiger partial charge on any atom is 0.0923 e. The average molecular weight is 364 g/mol. The van der Waals surface area contributed by atoms with Crippen molar-refractivity contribution in [2.24, 2.45) is 5.92 Å². The Morgan fingerprint density at radius 3 is 2.63 bits per heavy atom. The van der Waals surface area contributed by atoms with Crippen molar-refractivity contribution in [2.75, 3.05) is 13.1 Å². The van der Waals surface area contributed by atoms with E-state index in [0.29, 0.717) is 6.04 Å². The SMILES string of the molecule is O[C@@H](CN1CCC[C@H]2CCCC[C@@H]21)c1cc2c(c3ccccc13)CCCC2. The number of likely N-dealkylation sites (tertiary alicyclic amines) is 1. The van der Waals surface area contributed by atoms with Crippen LogP contribution in [0.15, 0.2) is 30.3 Å². The molecule has 2 fully saturated rings. The number of nitrogens with zero attached hydrogens (tertiary/aromatic N) is 1. The molecule has 0 amide bonds. The first-order valence-corrected chi connectivity index (χ1v) is 11.3. The van der Waals surface area contributed by atoms with Gasteiger partial charge in [0.2, 0.25) is 0 Å². The van der Waals surface area contributed by atoms with Crippen LogP contribution in [0.25, 0.3) is 10.8 Å². The zero-order chi connectivity index (χ0) is 18.2. The number of rotatable bonds is 3. The summed E-state index contributed by atoms with van der Waals surface area (Å²) in [4.78, 5) is 2.63. The van der Waals surface area contributed by atoms with Crippen LogP contribution in [-0.2, 0) is 12.8 Å². The zero-order valence-electron chi connectivity index (χ0n) is 16.5. The highest BCUT2D eigenvalue weighted by molar-refractivity contribution is 5.90. The summed E-state index contributed by atoms with van der Waals surface area (Å²) in [6, 6.07) is 11.8. The Balaban J connectivity index is 1.46. The number of piperidine rings is 1. The van der Waals surface area contributed by atoms with Gasteiger partial charge in [0.25, 0.3) is 0 Å². The average Bonchev–Trinajstić information content (AvgIpc) is 2.73. The van der Waals surface area contributed by atoms with Crippen molar-refractivity contribution >= 4 is 10.8 Å². The molecule has 3 atom stereocenters. The van der Waals surface area contributed by atoms with Gasteiger partial charge in [-0.3, -0.25) is 4.90 Å². The van der Waals surface area contributed by atoms with E-state index >= 15 is 0 Å². The highest BCUT2D eigenvalue weighted by atomic mass is 16.3. The fourth-order valence-electron chi connectivity index (χ4n) is 6.21. The fourth-order valence-corrected chi connectivity index (χ4v) is 6.21. The van der Waals surface area contributed by atoms with E-state index in [9.17, 15) is 5.11 Å². The van der Waals surface area contributed by atoms with E-state index in [1.54, 1.807) is 0 Å². The normalized spacial score (nSPS) is 27.1. The first-order valence-electron chi connectivity index (χ1n) is 11.3. The van der Waals surface area contributed by atoms with Gasteiger partial charge in [0, 0.05) is 12.6 Å². The molecule has 0 radical (unpaired) electrons. The van der Waals surface area contributed by atoms with Crippen LogP contribution in [0.5, 0.6) is 0 Å².